The fraction of sp³-hybridized carbons (Fsp3) is 0.667. The normalized spacial score (nSPS) is 43.1. The van der Waals surface area contributed by atoms with Crippen LogP contribution < -0.4 is 0 Å². The van der Waals surface area contributed by atoms with E-state index in [-0.39, 0.29) is 6.61 Å². The van der Waals surface area contributed by atoms with Crippen molar-refractivity contribution >= 4 is 11.8 Å². The Bertz CT molecular complexity index is 602. The van der Waals surface area contributed by atoms with Gasteiger partial charge < -0.3 is 33.9 Å². The Kier molecular flexibility index (Phi) is 5.96. The van der Waals surface area contributed by atoms with Crippen LogP contribution in [0.3, 0.4) is 0 Å². The molecule has 2 aliphatic heterocycles. The Morgan fingerprint density at radius 2 is 1.62 bits per heavy atom. The summed E-state index contributed by atoms with van der Waals surface area (Å²) in [6.07, 6.45) is -3.09. The van der Waals surface area contributed by atoms with E-state index < -0.39 is 41.4 Å². The zero-order valence-electron chi connectivity index (χ0n) is 15.3. The maximum Gasteiger partial charge on any atom is 0.220 e. The third-order valence-corrected chi connectivity index (χ3v) is 6.28. The Morgan fingerprint density at radius 3 is 2.15 bits per heavy atom. The molecule has 0 amide bonds. The van der Waals surface area contributed by atoms with Crippen molar-refractivity contribution in [1.82, 2.24) is 0 Å². The molecule has 1 aromatic carbocycles. The molecule has 2 fully saturated rings. The predicted molar refractivity (Wildman–Crippen MR) is 94.6 cm³/mol. The summed E-state index contributed by atoms with van der Waals surface area (Å²) in [5.41, 5.74) is -0.618. The Labute approximate surface area is 157 Å². The van der Waals surface area contributed by atoms with E-state index >= 15 is 0 Å². The van der Waals surface area contributed by atoms with Crippen LogP contribution >= 0.6 is 11.8 Å². The molecule has 2 aliphatic rings. The van der Waals surface area contributed by atoms with Crippen molar-refractivity contribution in [3.63, 3.8) is 0 Å². The third kappa shape index (κ3) is 3.41. The van der Waals surface area contributed by atoms with Crippen LogP contribution in [-0.4, -0.2) is 72.5 Å². The first kappa shape index (κ1) is 20.0. The molecule has 2 N–H and O–H groups in total. The number of fused-ring (bicyclic) bond motifs is 1. The van der Waals surface area contributed by atoms with Crippen molar-refractivity contribution < 1.29 is 33.9 Å². The average molecular weight is 386 g/mol. The lowest BCUT2D eigenvalue weighted by atomic mass is 9.95. The fourth-order valence-corrected chi connectivity index (χ4v) is 4.32. The van der Waals surface area contributed by atoms with Gasteiger partial charge in [0.25, 0.3) is 0 Å². The van der Waals surface area contributed by atoms with Gasteiger partial charge in [-0.15, -0.1) is 0 Å². The smallest absolute Gasteiger partial charge is 0.220 e. The Hall–Kier alpha value is -0.710. The second kappa shape index (κ2) is 7.73. The molecule has 26 heavy (non-hydrogen) atoms. The average Bonchev–Trinajstić information content (AvgIpc) is 2.66. The van der Waals surface area contributed by atoms with Crippen LogP contribution in [-0.2, 0) is 23.7 Å². The lowest BCUT2D eigenvalue weighted by molar-refractivity contribution is -0.470. The first-order valence-corrected chi connectivity index (χ1v) is 9.37. The molecule has 8 heteroatoms. The Morgan fingerprint density at radius 1 is 1.04 bits per heavy atom. The van der Waals surface area contributed by atoms with E-state index in [9.17, 15) is 10.2 Å². The van der Waals surface area contributed by atoms with E-state index in [0.29, 0.717) is 0 Å². The van der Waals surface area contributed by atoms with Gasteiger partial charge in [-0.2, -0.15) is 0 Å². The molecule has 0 spiro atoms. The molecule has 146 valence electrons. The standard InChI is InChI=1S/C18H26O7S/c1-17(21-3)18(2,22-4)25-15-13(20)16(23-12(10-19)14(15)24-17)26-11-8-6-5-7-9-11/h5-9,12-16,19-20H,10H2,1-4H3/t12-,13-,14-,15-,16+,17+,18+/m1/s1. The summed E-state index contributed by atoms with van der Waals surface area (Å²) in [5, 5.41) is 20.7. The molecule has 7 atom stereocenters. The summed E-state index contributed by atoms with van der Waals surface area (Å²) in [4.78, 5) is 0.944. The highest BCUT2D eigenvalue weighted by Crippen LogP contribution is 2.45. The van der Waals surface area contributed by atoms with Gasteiger partial charge in [0.05, 0.1) is 6.61 Å². The van der Waals surface area contributed by atoms with Gasteiger partial charge in [-0.05, 0) is 26.0 Å². The van der Waals surface area contributed by atoms with E-state index in [1.54, 1.807) is 13.8 Å². The molecule has 7 nitrogen and oxygen atoms in total. The van der Waals surface area contributed by atoms with Crippen molar-refractivity contribution in [1.29, 1.82) is 0 Å². The lowest BCUT2D eigenvalue weighted by Gasteiger charge is -2.56. The largest absolute Gasteiger partial charge is 0.394 e. The minimum Gasteiger partial charge on any atom is -0.394 e. The highest BCUT2D eigenvalue weighted by atomic mass is 32.2. The first-order valence-electron chi connectivity index (χ1n) is 8.49. The van der Waals surface area contributed by atoms with Gasteiger partial charge in [-0.25, -0.2) is 0 Å². The monoisotopic (exact) mass is 386 g/mol. The number of hydrogen-bond donors (Lipinski definition) is 2. The van der Waals surface area contributed by atoms with Gasteiger partial charge in [-0.3, -0.25) is 0 Å². The summed E-state index contributed by atoms with van der Waals surface area (Å²) >= 11 is 1.37. The van der Waals surface area contributed by atoms with E-state index in [0.717, 1.165) is 4.90 Å². The van der Waals surface area contributed by atoms with Gasteiger partial charge in [0.2, 0.25) is 11.6 Å². The molecule has 0 unspecified atom stereocenters. The van der Waals surface area contributed by atoms with E-state index in [4.69, 9.17) is 23.7 Å². The molecular formula is C18H26O7S. The molecule has 0 radical (unpaired) electrons. The summed E-state index contributed by atoms with van der Waals surface area (Å²) in [5.74, 6) is -2.46. The van der Waals surface area contributed by atoms with Crippen molar-refractivity contribution in [2.24, 2.45) is 0 Å². The SMILES string of the molecule is CO[C@@]1(C)O[C@@H]2[C@@H](O)[C@H](Sc3ccccc3)O[C@H](CO)[C@H]2O[C@]1(C)OC. The minimum atomic E-state index is -1.23. The molecule has 0 bridgehead atoms. The predicted octanol–water partition coefficient (Wildman–Crippen LogP) is 1.37. The number of aliphatic hydroxyl groups is 2. The van der Waals surface area contributed by atoms with Crippen LogP contribution in [0.4, 0.5) is 0 Å². The number of ether oxygens (including phenoxy) is 5. The minimum absolute atomic E-state index is 0.271. The van der Waals surface area contributed by atoms with Crippen LogP contribution in [0.15, 0.2) is 35.2 Å². The van der Waals surface area contributed by atoms with Gasteiger partial charge >= 0.3 is 0 Å². The van der Waals surface area contributed by atoms with Gasteiger partial charge in [-0.1, -0.05) is 30.0 Å². The van der Waals surface area contributed by atoms with E-state index in [1.165, 1.54) is 26.0 Å². The number of thioether (sulfide) groups is 1. The summed E-state index contributed by atoms with van der Waals surface area (Å²) in [6, 6.07) is 9.61. The van der Waals surface area contributed by atoms with E-state index in [1.807, 2.05) is 30.3 Å². The van der Waals surface area contributed by atoms with Crippen LogP contribution in [0.25, 0.3) is 0 Å². The number of hydrogen-bond acceptors (Lipinski definition) is 8. The van der Waals surface area contributed by atoms with Crippen LogP contribution in [0, 0.1) is 0 Å². The van der Waals surface area contributed by atoms with Crippen molar-refractivity contribution in [3.05, 3.63) is 30.3 Å². The second-order valence-electron chi connectivity index (χ2n) is 6.61. The molecule has 3 rings (SSSR count). The molecule has 2 saturated heterocycles. The maximum absolute atomic E-state index is 10.9. The molecule has 1 aromatic rings. The van der Waals surface area contributed by atoms with Crippen molar-refractivity contribution in [2.75, 3.05) is 20.8 Å². The number of rotatable bonds is 5. The van der Waals surface area contributed by atoms with Crippen molar-refractivity contribution in [2.45, 2.75) is 60.2 Å². The molecule has 0 aromatic heterocycles. The second-order valence-corrected chi connectivity index (χ2v) is 7.78. The highest BCUT2D eigenvalue weighted by Gasteiger charge is 2.62. The first-order chi connectivity index (χ1) is 12.4. The van der Waals surface area contributed by atoms with Gasteiger partial charge in [0.15, 0.2) is 0 Å². The van der Waals surface area contributed by atoms with Crippen LogP contribution in [0.5, 0.6) is 0 Å². The molecular weight excluding hydrogens is 360 g/mol. The zero-order valence-corrected chi connectivity index (χ0v) is 16.1. The molecule has 2 heterocycles. The zero-order chi connectivity index (χ0) is 18.9. The summed E-state index contributed by atoms with van der Waals surface area (Å²) in [7, 11) is 2.98. The van der Waals surface area contributed by atoms with Crippen LogP contribution in [0.1, 0.15) is 13.8 Å². The van der Waals surface area contributed by atoms with E-state index in [2.05, 4.69) is 0 Å². The van der Waals surface area contributed by atoms with Gasteiger partial charge in [0.1, 0.15) is 29.9 Å². The summed E-state index contributed by atoms with van der Waals surface area (Å²) in [6.45, 7) is 3.12. The number of aliphatic hydroxyl groups excluding tert-OH is 2. The van der Waals surface area contributed by atoms with Gasteiger partial charge in [0, 0.05) is 19.1 Å². The third-order valence-electron chi connectivity index (χ3n) is 5.12. The number of benzene rings is 1. The topological polar surface area (TPSA) is 86.6 Å². The highest BCUT2D eigenvalue weighted by molar-refractivity contribution is 7.99. The Balaban J connectivity index is 1.86. The summed E-state index contributed by atoms with van der Waals surface area (Å²) < 4.78 is 29.1. The van der Waals surface area contributed by atoms with Crippen LogP contribution in [0.2, 0.25) is 0 Å². The quantitative estimate of drug-likeness (QED) is 0.785. The lowest BCUT2D eigenvalue weighted by Crippen LogP contribution is -2.72. The molecule has 0 aliphatic carbocycles. The molecule has 0 saturated carbocycles. The number of methoxy groups -OCH3 is 2. The fourth-order valence-electron chi connectivity index (χ4n) is 3.25. The maximum atomic E-state index is 10.9. The van der Waals surface area contributed by atoms with Crippen molar-refractivity contribution in [3.8, 4) is 0 Å².